The Balaban J connectivity index is 2.27. The normalized spacial score (nSPS) is 11.7. The molecule has 0 aliphatic rings. The molecule has 0 bridgehead atoms. The molecule has 0 saturated heterocycles. The fourth-order valence-electron chi connectivity index (χ4n) is 2.05. The molecule has 0 amide bonds. The monoisotopic (exact) mass is 269 g/mol. The second-order valence-electron chi connectivity index (χ2n) is 4.61. The van der Waals surface area contributed by atoms with Gasteiger partial charge < -0.3 is 10.1 Å². The van der Waals surface area contributed by atoms with Crippen molar-refractivity contribution in [2.45, 2.75) is 19.9 Å². The number of carbonyl (C=O) groups is 1. The summed E-state index contributed by atoms with van der Waals surface area (Å²) >= 11 is 0. The van der Waals surface area contributed by atoms with E-state index in [0.29, 0.717) is 6.61 Å². The Morgan fingerprint density at radius 2 is 1.90 bits per heavy atom. The van der Waals surface area contributed by atoms with E-state index in [-0.39, 0.29) is 5.97 Å². The van der Waals surface area contributed by atoms with Gasteiger partial charge in [0.1, 0.15) is 0 Å². The highest BCUT2D eigenvalue weighted by Gasteiger charge is 2.21. The van der Waals surface area contributed by atoms with E-state index in [0.717, 1.165) is 16.8 Å². The minimum atomic E-state index is -0.489. The summed E-state index contributed by atoms with van der Waals surface area (Å²) in [6, 6.07) is 17.1. The number of para-hydroxylation sites is 1. The Bertz CT molecular complexity index is 566. The van der Waals surface area contributed by atoms with Crippen molar-refractivity contribution in [3.8, 4) is 0 Å². The van der Waals surface area contributed by atoms with Gasteiger partial charge in [-0.05, 0) is 31.5 Å². The van der Waals surface area contributed by atoms with Crippen molar-refractivity contribution in [2.24, 2.45) is 0 Å². The number of anilines is 1. The topological polar surface area (TPSA) is 38.3 Å². The molecule has 0 fully saturated rings. The Hall–Kier alpha value is -2.29. The number of hydrogen-bond acceptors (Lipinski definition) is 3. The van der Waals surface area contributed by atoms with Gasteiger partial charge in [0.05, 0.1) is 6.61 Å². The van der Waals surface area contributed by atoms with Crippen molar-refractivity contribution < 1.29 is 9.53 Å². The summed E-state index contributed by atoms with van der Waals surface area (Å²) in [6.07, 6.45) is 0. The fraction of sp³-hybridized carbons (Fsp3) is 0.235. The lowest BCUT2D eigenvalue weighted by Crippen LogP contribution is -2.23. The molecule has 0 aliphatic carbocycles. The molecule has 0 heterocycles. The Morgan fingerprint density at radius 3 is 2.55 bits per heavy atom. The Kier molecular flexibility index (Phi) is 4.77. The average Bonchev–Trinajstić information content (AvgIpc) is 2.46. The van der Waals surface area contributed by atoms with Crippen molar-refractivity contribution in [3.63, 3.8) is 0 Å². The highest BCUT2D eigenvalue weighted by atomic mass is 16.5. The molecule has 1 unspecified atom stereocenters. The highest BCUT2D eigenvalue weighted by Crippen LogP contribution is 2.21. The lowest BCUT2D eigenvalue weighted by molar-refractivity contribution is -0.144. The maximum absolute atomic E-state index is 12.2. The molecule has 3 heteroatoms. The Morgan fingerprint density at radius 1 is 1.15 bits per heavy atom. The van der Waals surface area contributed by atoms with Crippen LogP contribution in [0.25, 0.3) is 0 Å². The number of ether oxygens (including phenoxy) is 1. The van der Waals surface area contributed by atoms with E-state index in [4.69, 9.17) is 4.74 Å². The van der Waals surface area contributed by atoms with Crippen molar-refractivity contribution in [1.82, 2.24) is 0 Å². The van der Waals surface area contributed by atoms with Crippen LogP contribution in [0.3, 0.4) is 0 Å². The largest absolute Gasteiger partial charge is 0.464 e. The molecule has 0 aliphatic heterocycles. The number of benzene rings is 2. The van der Waals surface area contributed by atoms with E-state index in [2.05, 4.69) is 5.32 Å². The first-order valence-electron chi connectivity index (χ1n) is 6.75. The van der Waals surface area contributed by atoms with Gasteiger partial charge in [-0.25, -0.2) is 4.79 Å². The molecule has 3 nitrogen and oxygen atoms in total. The summed E-state index contributed by atoms with van der Waals surface area (Å²) < 4.78 is 5.17. The SMILES string of the molecule is CCOC(=O)C(Nc1ccccc1)c1cccc(C)c1. The van der Waals surface area contributed by atoms with Crippen LogP contribution in [0.2, 0.25) is 0 Å². The molecule has 0 aromatic heterocycles. The molecule has 20 heavy (non-hydrogen) atoms. The van der Waals surface area contributed by atoms with Crippen molar-refractivity contribution in [3.05, 3.63) is 65.7 Å². The third-order valence-electron chi connectivity index (χ3n) is 2.98. The minimum absolute atomic E-state index is 0.262. The second-order valence-corrected chi connectivity index (χ2v) is 4.61. The van der Waals surface area contributed by atoms with Gasteiger partial charge in [-0.2, -0.15) is 0 Å². The van der Waals surface area contributed by atoms with E-state index < -0.39 is 6.04 Å². The molecule has 104 valence electrons. The summed E-state index contributed by atoms with van der Waals surface area (Å²) in [5.74, 6) is -0.262. The van der Waals surface area contributed by atoms with Gasteiger partial charge in [-0.15, -0.1) is 0 Å². The van der Waals surface area contributed by atoms with Crippen LogP contribution in [0.15, 0.2) is 54.6 Å². The quantitative estimate of drug-likeness (QED) is 0.841. The summed E-state index contributed by atoms with van der Waals surface area (Å²) in [4.78, 5) is 12.2. The average molecular weight is 269 g/mol. The first-order valence-corrected chi connectivity index (χ1v) is 6.75. The van der Waals surface area contributed by atoms with E-state index >= 15 is 0 Å². The molecule has 1 N–H and O–H groups in total. The molecule has 0 saturated carbocycles. The zero-order valence-electron chi connectivity index (χ0n) is 11.8. The number of nitrogens with one attached hydrogen (secondary N) is 1. The summed E-state index contributed by atoms with van der Waals surface area (Å²) in [6.45, 7) is 4.19. The van der Waals surface area contributed by atoms with Crippen LogP contribution < -0.4 is 5.32 Å². The van der Waals surface area contributed by atoms with E-state index in [1.54, 1.807) is 0 Å². The zero-order valence-corrected chi connectivity index (χ0v) is 11.8. The van der Waals surface area contributed by atoms with Crippen LogP contribution in [0, 0.1) is 6.92 Å². The molecule has 2 rings (SSSR count). The highest BCUT2D eigenvalue weighted by molar-refractivity contribution is 5.81. The third-order valence-corrected chi connectivity index (χ3v) is 2.98. The van der Waals surface area contributed by atoms with E-state index in [9.17, 15) is 4.79 Å². The third kappa shape index (κ3) is 3.60. The van der Waals surface area contributed by atoms with Crippen LogP contribution in [0.5, 0.6) is 0 Å². The van der Waals surface area contributed by atoms with Crippen molar-refractivity contribution in [1.29, 1.82) is 0 Å². The summed E-state index contributed by atoms with van der Waals surface area (Å²) in [5.41, 5.74) is 2.92. The number of esters is 1. The van der Waals surface area contributed by atoms with Gasteiger partial charge in [-0.3, -0.25) is 0 Å². The van der Waals surface area contributed by atoms with Crippen molar-refractivity contribution in [2.75, 3.05) is 11.9 Å². The first kappa shape index (κ1) is 14.1. The number of hydrogen-bond donors (Lipinski definition) is 1. The smallest absolute Gasteiger partial charge is 0.333 e. The number of aryl methyl sites for hydroxylation is 1. The Labute approximate surface area is 119 Å². The first-order chi connectivity index (χ1) is 9.70. The van der Waals surface area contributed by atoms with Gasteiger partial charge in [0.25, 0.3) is 0 Å². The molecule has 2 aromatic carbocycles. The van der Waals surface area contributed by atoms with Gasteiger partial charge >= 0.3 is 5.97 Å². The van der Waals surface area contributed by atoms with Gasteiger partial charge in [0, 0.05) is 5.69 Å². The zero-order chi connectivity index (χ0) is 14.4. The van der Waals surface area contributed by atoms with Crippen LogP contribution >= 0.6 is 0 Å². The lowest BCUT2D eigenvalue weighted by atomic mass is 10.0. The molecular weight excluding hydrogens is 250 g/mol. The van der Waals surface area contributed by atoms with Gasteiger partial charge in [0.15, 0.2) is 6.04 Å². The lowest BCUT2D eigenvalue weighted by Gasteiger charge is -2.19. The van der Waals surface area contributed by atoms with Crippen LogP contribution in [-0.4, -0.2) is 12.6 Å². The van der Waals surface area contributed by atoms with Gasteiger partial charge in [0.2, 0.25) is 0 Å². The van der Waals surface area contributed by atoms with Crippen molar-refractivity contribution >= 4 is 11.7 Å². The molecular formula is C17H19NO2. The van der Waals surface area contributed by atoms with Crippen LogP contribution in [0.1, 0.15) is 24.1 Å². The van der Waals surface area contributed by atoms with Crippen LogP contribution in [0.4, 0.5) is 5.69 Å². The summed E-state index contributed by atoms with van der Waals surface area (Å²) in [5, 5.41) is 3.23. The minimum Gasteiger partial charge on any atom is -0.464 e. The number of rotatable bonds is 5. The molecule has 1 atom stereocenters. The summed E-state index contributed by atoms with van der Waals surface area (Å²) in [7, 11) is 0. The predicted octanol–water partition coefficient (Wildman–Crippen LogP) is 3.71. The molecule has 0 spiro atoms. The van der Waals surface area contributed by atoms with E-state index in [1.807, 2.05) is 68.4 Å². The fourth-order valence-corrected chi connectivity index (χ4v) is 2.05. The second kappa shape index (κ2) is 6.75. The standard InChI is InChI=1S/C17H19NO2/c1-3-20-17(19)16(14-9-7-8-13(2)12-14)18-15-10-5-4-6-11-15/h4-12,16,18H,3H2,1-2H3. The number of carbonyl (C=O) groups excluding carboxylic acids is 1. The van der Waals surface area contributed by atoms with Crippen LogP contribution in [-0.2, 0) is 9.53 Å². The molecule has 0 radical (unpaired) electrons. The molecule has 2 aromatic rings. The van der Waals surface area contributed by atoms with Gasteiger partial charge in [-0.1, -0.05) is 48.0 Å². The predicted molar refractivity (Wildman–Crippen MR) is 80.6 cm³/mol. The maximum Gasteiger partial charge on any atom is 0.333 e. The van der Waals surface area contributed by atoms with E-state index in [1.165, 1.54) is 0 Å². The maximum atomic E-state index is 12.2.